The Labute approximate surface area is 117 Å². The van der Waals surface area contributed by atoms with Crippen molar-refractivity contribution in [1.29, 1.82) is 5.26 Å². The van der Waals surface area contributed by atoms with Crippen LogP contribution in [0.2, 0.25) is 0 Å². The number of ether oxygens (including phenoxy) is 2. The van der Waals surface area contributed by atoms with Gasteiger partial charge in [0.1, 0.15) is 29.3 Å². The number of methoxy groups -OCH3 is 1. The molecule has 1 atom stereocenters. The van der Waals surface area contributed by atoms with Crippen molar-refractivity contribution < 1.29 is 13.9 Å². The van der Waals surface area contributed by atoms with Crippen LogP contribution in [-0.4, -0.2) is 13.7 Å². The molecule has 20 heavy (non-hydrogen) atoms. The first-order valence-electron chi connectivity index (χ1n) is 6.15. The van der Waals surface area contributed by atoms with E-state index in [1.54, 1.807) is 13.2 Å². The second-order valence-corrected chi connectivity index (χ2v) is 4.20. The third-order valence-corrected chi connectivity index (χ3v) is 2.85. The van der Waals surface area contributed by atoms with E-state index in [2.05, 4.69) is 0 Å². The summed E-state index contributed by atoms with van der Waals surface area (Å²) >= 11 is 0. The fourth-order valence-corrected chi connectivity index (χ4v) is 1.88. The lowest BCUT2D eigenvalue weighted by Gasteiger charge is -2.19. The number of nitrogens with zero attached hydrogens (tertiary/aromatic N) is 1. The monoisotopic (exact) mass is 271 g/mol. The summed E-state index contributed by atoms with van der Waals surface area (Å²) < 4.78 is 24.4. The summed E-state index contributed by atoms with van der Waals surface area (Å²) in [7, 11) is 1.57. The maximum Gasteiger partial charge on any atom is 0.147 e. The minimum absolute atomic E-state index is 0.0930. The van der Waals surface area contributed by atoms with E-state index in [-0.39, 0.29) is 11.3 Å². The number of nitriles is 1. The zero-order chi connectivity index (χ0) is 14.4. The van der Waals surface area contributed by atoms with E-state index in [4.69, 9.17) is 14.7 Å². The van der Waals surface area contributed by atoms with Crippen LogP contribution in [0.1, 0.15) is 17.2 Å². The first kappa shape index (κ1) is 14.0. The summed E-state index contributed by atoms with van der Waals surface area (Å²) in [6, 6.07) is 15.6. The standard InChI is InChI=1S/C16H14FNO2/c1-19-11-16(12-6-3-2-4-7-12)20-15-9-5-8-14(17)13(15)10-18/h2-9,16H,11H2,1H3. The van der Waals surface area contributed by atoms with Gasteiger partial charge in [0.15, 0.2) is 0 Å². The lowest BCUT2D eigenvalue weighted by atomic mass is 10.1. The molecule has 102 valence electrons. The van der Waals surface area contributed by atoms with Crippen LogP contribution in [0.15, 0.2) is 48.5 Å². The van der Waals surface area contributed by atoms with E-state index in [0.717, 1.165) is 5.56 Å². The Bertz CT molecular complexity index is 608. The highest BCUT2D eigenvalue weighted by Crippen LogP contribution is 2.26. The Kier molecular flexibility index (Phi) is 4.70. The van der Waals surface area contributed by atoms with Gasteiger partial charge in [-0.2, -0.15) is 5.26 Å². The average Bonchev–Trinajstić information content (AvgIpc) is 2.48. The molecule has 0 bridgehead atoms. The maximum atomic E-state index is 13.6. The van der Waals surface area contributed by atoms with Gasteiger partial charge in [-0.25, -0.2) is 4.39 Å². The Morgan fingerprint density at radius 3 is 2.55 bits per heavy atom. The molecule has 2 rings (SSSR count). The predicted molar refractivity (Wildman–Crippen MR) is 72.8 cm³/mol. The highest BCUT2D eigenvalue weighted by Gasteiger charge is 2.17. The molecule has 0 spiro atoms. The smallest absolute Gasteiger partial charge is 0.147 e. The minimum Gasteiger partial charge on any atom is -0.482 e. The molecule has 3 nitrogen and oxygen atoms in total. The summed E-state index contributed by atoms with van der Waals surface area (Å²) in [5.74, 6) is -0.368. The molecule has 0 aromatic heterocycles. The topological polar surface area (TPSA) is 42.2 Å². The molecule has 0 fully saturated rings. The van der Waals surface area contributed by atoms with Crippen molar-refractivity contribution in [3.63, 3.8) is 0 Å². The van der Waals surface area contributed by atoms with Gasteiger partial charge >= 0.3 is 0 Å². The number of hydrogen-bond donors (Lipinski definition) is 0. The third kappa shape index (κ3) is 3.14. The molecule has 0 heterocycles. The van der Waals surface area contributed by atoms with E-state index in [0.29, 0.717) is 6.61 Å². The van der Waals surface area contributed by atoms with Gasteiger partial charge in [0, 0.05) is 7.11 Å². The quantitative estimate of drug-likeness (QED) is 0.836. The zero-order valence-electron chi connectivity index (χ0n) is 11.0. The average molecular weight is 271 g/mol. The molecular formula is C16H14FNO2. The van der Waals surface area contributed by atoms with Crippen LogP contribution in [0, 0.1) is 17.1 Å². The molecule has 0 radical (unpaired) electrons. The molecule has 2 aromatic rings. The lowest BCUT2D eigenvalue weighted by molar-refractivity contribution is 0.0805. The highest BCUT2D eigenvalue weighted by molar-refractivity contribution is 5.44. The fraction of sp³-hybridized carbons (Fsp3) is 0.188. The van der Waals surface area contributed by atoms with Crippen LogP contribution >= 0.6 is 0 Å². The number of hydrogen-bond acceptors (Lipinski definition) is 3. The van der Waals surface area contributed by atoms with Gasteiger partial charge in [0.2, 0.25) is 0 Å². The van der Waals surface area contributed by atoms with Crippen LogP contribution < -0.4 is 4.74 Å². The molecular weight excluding hydrogens is 257 g/mol. The van der Waals surface area contributed by atoms with Crippen LogP contribution in [0.25, 0.3) is 0 Å². The largest absolute Gasteiger partial charge is 0.482 e. The summed E-state index contributed by atoms with van der Waals surface area (Å²) in [5, 5.41) is 9.01. The lowest BCUT2D eigenvalue weighted by Crippen LogP contribution is -2.14. The van der Waals surface area contributed by atoms with Gasteiger partial charge in [-0.05, 0) is 17.7 Å². The molecule has 0 aliphatic carbocycles. The van der Waals surface area contributed by atoms with Crippen molar-refractivity contribution in [2.24, 2.45) is 0 Å². The molecule has 1 unspecified atom stereocenters. The van der Waals surface area contributed by atoms with Crippen molar-refractivity contribution in [3.8, 4) is 11.8 Å². The Hall–Kier alpha value is -2.38. The molecule has 0 aliphatic heterocycles. The van der Waals surface area contributed by atoms with Crippen LogP contribution in [0.4, 0.5) is 4.39 Å². The van der Waals surface area contributed by atoms with E-state index >= 15 is 0 Å². The van der Waals surface area contributed by atoms with Crippen molar-refractivity contribution in [2.75, 3.05) is 13.7 Å². The number of halogens is 1. The summed E-state index contributed by atoms with van der Waals surface area (Å²) in [4.78, 5) is 0. The van der Waals surface area contributed by atoms with Gasteiger partial charge in [-0.1, -0.05) is 36.4 Å². The van der Waals surface area contributed by atoms with Crippen LogP contribution in [0.5, 0.6) is 5.75 Å². The van der Waals surface area contributed by atoms with Crippen molar-refractivity contribution in [3.05, 3.63) is 65.5 Å². The van der Waals surface area contributed by atoms with Gasteiger partial charge in [0.25, 0.3) is 0 Å². The third-order valence-electron chi connectivity index (χ3n) is 2.85. The van der Waals surface area contributed by atoms with E-state index in [9.17, 15) is 4.39 Å². The van der Waals surface area contributed by atoms with Crippen molar-refractivity contribution in [1.82, 2.24) is 0 Å². The fourth-order valence-electron chi connectivity index (χ4n) is 1.88. The van der Waals surface area contributed by atoms with Crippen LogP contribution in [0.3, 0.4) is 0 Å². The SMILES string of the molecule is COCC(Oc1cccc(F)c1C#N)c1ccccc1. The first-order chi connectivity index (χ1) is 9.76. The number of benzene rings is 2. The number of rotatable bonds is 5. The molecule has 0 N–H and O–H groups in total. The molecule has 2 aromatic carbocycles. The normalized spacial score (nSPS) is 11.7. The van der Waals surface area contributed by atoms with E-state index in [1.807, 2.05) is 36.4 Å². The minimum atomic E-state index is -0.589. The molecule has 4 heteroatoms. The second-order valence-electron chi connectivity index (χ2n) is 4.20. The predicted octanol–water partition coefficient (Wildman–Crippen LogP) is 3.46. The second kappa shape index (κ2) is 6.69. The molecule has 0 amide bonds. The maximum absolute atomic E-state index is 13.6. The first-order valence-corrected chi connectivity index (χ1v) is 6.15. The van der Waals surface area contributed by atoms with Gasteiger partial charge < -0.3 is 9.47 Å². The highest BCUT2D eigenvalue weighted by atomic mass is 19.1. The summed E-state index contributed by atoms with van der Waals surface area (Å²) in [6.07, 6.45) is -0.393. The van der Waals surface area contributed by atoms with E-state index in [1.165, 1.54) is 12.1 Å². The van der Waals surface area contributed by atoms with Gasteiger partial charge in [-0.15, -0.1) is 0 Å². The van der Waals surface area contributed by atoms with Crippen molar-refractivity contribution in [2.45, 2.75) is 6.10 Å². The van der Waals surface area contributed by atoms with E-state index < -0.39 is 11.9 Å². The van der Waals surface area contributed by atoms with Gasteiger partial charge in [0.05, 0.1) is 6.61 Å². The molecule has 0 saturated carbocycles. The Morgan fingerprint density at radius 1 is 1.15 bits per heavy atom. The Balaban J connectivity index is 2.30. The van der Waals surface area contributed by atoms with Crippen LogP contribution in [-0.2, 0) is 4.74 Å². The molecule has 0 aliphatic rings. The summed E-state index contributed by atoms with van der Waals surface area (Å²) in [5.41, 5.74) is 0.812. The summed E-state index contributed by atoms with van der Waals surface area (Å²) in [6.45, 7) is 0.311. The van der Waals surface area contributed by atoms with Crippen molar-refractivity contribution >= 4 is 0 Å². The molecule has 0 saturated heterocycles. The van der Waals surface area contributed by atoms with Gasteiger partial charge in [-0.3, -0.25) is 0 Å². The Morgan fingerprint density at radius 2 is 1.90 bits per heavy atom. The zero-order valence-corrected chi connectivity index (χ0v) is 11.0.